The molecule has 1 rings (SSSR count). The van der Waals surface area contributed by atoms with Crippen LogP contribution < -0.4 is 5.32 Å². The lowest BCUT2D eigenvalue weighted by molar-refractivity contribution is -0.131. The van der Waals surface area contributed by atoms with Crippen LogP contribution >= 0.6 is 0 Å². The fourth-order valence-corrected chi connectivity index (χ4v) is 2.38. The zero-order valence-electron chi connectivity index (χ0n) is 10.9. The molecule has 0 heterocycles. The summed E-state index contributed by atoms with van der Waals surface area (Å²) in [5.41, 5.74) is 0. The molecular formula is C13H23N3O. The van der Waals surface area contributed by atoms with E-state index in [1.165, 1.54) is 32.1 Å². The summed E-state index contributed by atoms with van der Waals surface area (Å²) in [7, 11) is 0. The number of carbonyl (C=O) groups excluding carboxylic acids is 1. The molecular weight excluding hydrogens is 214 g/mol. The second kappa shape index (κ2) is 7.29. The Morgan fingerprint density at radius 3 is 2.65 bits per heavy atom. The number of hydrogen-bond acceptors (Lipinski definition) is 3. The summed E-state index contributed by atoms with van der Waals surface area (Å²) < 4.78 is 0. The second-order valence-corrected chi connectivity index (χ2v) is 4.70. The van der Waals surface area contributed by atoms with Gasteiger partial charge in [0.05, 0.1) is 12.6 Å². The lowest BCUT2D eigenvalue weighted by Crippen LogP contribution is -2.45. The Kier molecular flexibility index (Phi) is 5.99. The third-order valence-corrected chi connectivity index (χ3v) is 3.46. The number of amides is 1. The molecule has 0 radical (unpaired) electrons. The van der Waals surface area contributed by atoms with Crippen molar-refractivity contribution in [2.24, 2.45) is 0 Å². The molecule has 1 fully saturated rings. The topological polar surface area (TPSA) is 56.1 Å². The van der Waals surface area contributed by atoms with Gasteiger partial charge < -0.3 is 10.2 Å². The van der Waals surface area contributed by atoms with Crippen LogP contribution in [0, 0.1) is 11.3 Å². The van der Waals surface area contributed by atoms with Crippen LogP contribution in [0.25, 0.3) is 0 Å². The monoisotopic (exact) mass is 237 g/mol. The Hall–Kier alpha value is -1.08. The van der Waals surface area contributed by atoms with Gasteiger partial charge >= 0.3 is 0 Å². The first-order valence-corrected chi connectivity index (χ1v) is 6.61. The van der Waals surface area contributed by atoms with E-state index in [4.69, 9.17) is 5.26 Å². The molecule has 0 aromatic heterocycles. The van der Waals surface area contributed by atoms with Gasteiger partial charge in [0.15, 0.2) is 0 Å². The number of nitriles is 1. The van der Waals surface area contributed by atoms with Crippen LogP contribution in [-0.4, -0.2) is 36.0 Å². The van der Waals surface area contributed by atoms with Gasteiger partial charge in [-0.1, -0.05) is 19.3 Å². The fraction of sp³-hybridized carbons (Fsp3) is 0.846. The smallest absolute Gasteiger partial charge is 0.237 e. The molecule has 0 aromatic rings. The van der Waals surface area contributed by atoms with Crippen molar-refractivity contribution in [3.8, 4) is 6.07 Å². The van der Waals surface area contributed by atoms with Gasteiger partial charge in [-0.15, -0.1) is 0 Å². The van der Waals surface area contributed by atoms with Gasteiger partial charge in [-0.2, -0.15) is 5.26 Å². The van der Waals surface area contributed by atoms with E-state index in [9.17, 15) is 4.79 Å². The highest BCUT2D eigenvalue weighted by Gasteiger charge is 2.19. The number of likely N-dealkylation sites (N-methyl/N-ethyl adjacent to an activating group) is 1. The summed E-state index contributed by atoms with van der Waals surface area (Å²) >= 11 is 0. The maximum atomic E-state index is 11.9. The van der Waals surface area contributed by atoms with E-state index in [-0.39, 0.29) is 11.9 Å². The predicted octanol–water partition coefficient (Wildman–Crippen LogP) is 1.67. The minimum Gasteiger partial charge on any atom is -0.326 e. The summed E-state index contributed by atoms with van der Waals surface area (Å²) in [6.07, 6.45) is 6.19. The maximum absolute atomic E-state index is 11.9. The lowest BCUT2D eigenvalue weighted by Gasteiger charge is -2.26. The Balaban J connectivity index is 2.34. The van der Waals surface area contributed by atoms with E-state index in [1.807, 2.05) is 6.92 Å². The van der Waals surface area contributed by atoms with Crippen LogP contribution in [0.3, 0.4) is 0 Å². The van der Waals surface area contributed by atoms with E-state index < -0.39 is 0 Å². The Morgan fingerprint density at radius 1 is 1.47 bits per heavy atom. The van der Waals surface area contributed by atoms with Crippen molar-refractivity contribution in [3.63, 3.8) is 0 Å². The van der Waals surface area contributed by atoms with E-state index >= 15 is 0 Å². The number of nitrogens with one attached hydrogen (secondary N) is 1. The molecule has 1 N–H and O–H groups in total. The van der Waals surface area contributed by atoms with Crippen molar-refractivity contribution in [2.45, 2.75) is 58.0 Å². The Labute approximate surface area is 104 Å². The molecule has 1 atom stereocenters. The van der Waals surface area contributed by atoms with Crippen LogP contribution in [0.4, 0.5) is 0 Å². The zero-order valence-corrected chi connectivity index (χ0v) is 10.9. The normalized spacial score (nSPS) is 18.4. The SMILES string of the molecule is CCN(C(=O)CNC1CCCCC1)[C@@H](C)C#N. The van der Waals surface area contributed by atoms with Crippen LogP contribution in [0.2, 0.25) is 0 Å². The van der Waals surface area contributed by atoms with Crippen molar-refractivity contribution in [1.29, 1.82) is 5.26 Å². The lowest BCUT2D eigenvalue weighted by atomic mass is 9.95. The quantitative estimate of drug-likeness (QED) is 0.791. The second-order valence-electron chi connectivity index (χ2n) is 4.70. The van der Waals surface area contributed by atoms with Crippen molar-refractivity contribution < 1.29 is 4.79 Å². The molecule has 0 bridgehead atoms. The third kappa shape index (κ3) is 4.35. The van der Waals surface area contributed by atoms with E-state index in [0.717, 1.165) is 0 Å². The van der Waals surface area contributed by atoms with Crippen LogP contribution in [0.15, 0.2) is 0 Å². The van der Waals surface area contributed by atoms with Gasteiger partial charge in [-0.05, 0) is 26.7 Å². The zero-order chi connectivity index (χ0) is 12.7. The van der Waals surface area contributed by atoms with Crippen molar-refractivity contribution in [1.82, 2.24) is 10.2 Å². The highest BCUT2D eigenvalue weighted by molar-refractivity contribution is 5.78. The molecule has 0 saturated heterocycles. The summed E-state index contributed by atoms with van der Waals surface area (Å²) in [6.45, 7) is 4.64. The molecule has 1 amide bonds. The molecule has 1 aliphatic carbocycles. The predicted molar refractivity (Wildman–Crippen MR) is 67.3 cm³/mol. The van der Waals surface area contributed by atoms with Crippen molar-refractivity contribution in [3.05, 3.63) is 0 Å². The molecule has 4 nitrogen and oxygen atoms in total. The van der Waals surface area contributed by atoms with E-state index in [1.54, 1.807) is 11.8 Å². The van der Waals surface area contributed by atoms with Crippen LogP contribution in [0.5, 0.6) is 0 Å². The number of rotatable bonds is 5. The van der Waals surface area contributed by atoms with Gasteiger partial charge in [0.25, 0.3) is 0 Å². The first-order valence-electron chi connectivity index (χ1n) is 6.61. The Bertz CT molecular complexity index is 279. The molecule has 1 saturated carbocycles. The largest absolute Gasteiger partial charge is 0.326 e. The minimum atomic E-state index is -0.333. The average molecular weight is 237 g/mol. The highest BCUT2D eigenvalue weighted by atomic mass is 16.2. The standard InChI is InChI=1S/C13H23N3O/c1-3-16(11(2)9-14)13(17)10-15-12-7-5-4-6-8-12/h11-12,15H,3-8,10H2,1-2H3/t11-/m0/s1. The van der Waals surface area contributed by atoms with Crippen LogP contribution in [-0.2, 0) is 4.79 Å². The summed E-state index contributed by atoms with van der Waals surface area (Å²) in [5.74, 6) is 0.0344. The van der Waals surface area contributed by atoms with Gasteiger partial charge in [-0.25, -0.2) is 0 Å². The molecule has 0 spiro atoms. The number of nitrogens with zero attached hydrogens (tertiary/aromatic N) is 2. The molecule has 17 heavy (non-hydrogen) atoms. The first kappa shape index (κ1) is 14.0. The van der Waals surface area contributed by atoms with Crippen molar-refractivity contribution >= 4 is 5.91 Å². The molecule has 96 valence electrons. The molecule has 0 unspecified atom stereocenters. The summed E-state index contributed by atoms with van der Waals surface area (Å²) in [6, 6.07) is 2.27. The summed E-state index contributed by atoms with van der Waals surface area (Å²) in [5, 5.41) is 12.2. The summed E-state index contributed by atoms with van der Waals surface area (Å²) in [4.78, 5) is 13.6. The molecule has 1 aliphatic rings. The molecule has 0 aromatic carbocycles. The number of hydrogen-bond donors (Lipinski definition) is 1. The van der Waals surface area contributed by atoms with E-state index in [0.29, 0.717) is 19.1 Å². The van der Waals surface area contributed by atoms with Crippen LogP contribution in [0.1, 0.15) is 46.0 Å². The Morgan fingerprint density at radius 2 is 2.12 bits per heavy atom. The molecule has 4 heteroatoms. The number of carbonyl (C=O) groups is 1. The van der Waals surface area contributed by atoms with E-state index in [2.05, 4.69) is 11.4 Å². The van der Waals surface area contributed by atoms with Gasteiger partial charge in [0.2, 0.25) is 5.91 Å². The fourth-order valence-electron chi connectivity index (χ4n) is 2.38. The van der Waals surface area contributed by atoms with Gasteiger partial charge in [0, 0.05) is 12.6 Å². The van der Waals surface area contributed by atoms with Gasteiger partial charge in [0.1, 0.15) is 6.04 Å². The maximum Gasteiger partial charge on any atom is 0.237 e. The average Bonchev–Trinajstić information content (AvgIpc) is 2.38. The molecule has 0 aliphatic heterocycles. The first-order chi connectivity index (χ1) is 8.19. The third-order valence-electron chi connectivity index (χ3n) is 3.46. The highest BCUT2D eigenvalue weighted by Crippen LogP contribution is 2.17. The van der Waals surface area contributed by atoms with Crippen molar-refractivity contribution in [2.75, 3.05) is 13.1 Å². The minimum absolute atomic E-state index is 0.0344. The van der Waals surface area contributed by atoms with Gasteiger partial charge in [-0.3, -0.25) is 4.79 Å².